The second-order valence-electron chi connectivity index (χ2n) is 4.87. The number of benzene rings is 1. The van der Waals surface area contributed by atoms with Gasteiger partial charge in [-0.25, -0.2) is 0 Å². The highest BCUT2D eigenvalue weighted by Gasteiger charge is 2.34. The molecular formula is C13H15ClF3N2O+. The Morgan fingerprint density at radius 2 is 1.95 bits per heavy atom. The zero-order chi connectivity index (χ0) is 14.8. The van der Waals surface area contributed by atoms with Crippen LogP contribution in [0.15, 0.2) is 18.2 Å². The van der Waals surface area contributed by atoms with Crippen molar-refractivity contribution in [3.63, 3.8) is 0 Å². The van der Waals surface area contributed by atoms with Gasteiger partial charge in [-0.05, 0) is 18.2 Å². The SMILES string of the molecule is O=C(C[NH+]1CCCC1)Nc1ccc(Cl)cc1C(F)(F)F. The largest absolute Gasteiger partial charge is 0.418 e. The molecule has 1 aromatic rings. The predicted molar refractivity (Wildman–Crippen MR) is 69.9 cm³/mol. The molecule has 1 heterocycles. The van der Waals surface area contributed by atoms with Gasteiger partial charge in [0, 0.05) is 17.9 Å². The molecule has 0 atom stereocenters. The highest BCUT2D eigenvalue weighted by Crippen LogP contribution is 2.36. The van der Waals surface area contributed by atoms with Gasteiger partial charge >= 0.3 is 6.18 Å². The summed E-state index contributed by atoms with van der Waals surface area (Å²) in [7, 11) is 0. The number of quaternary nitrogens is 1. The topological polar surface area (TPSA) is 33.5 Å². The first kappa shape index (κ1) is 15.1. The van der Waals surface area contributed by atoms with Gasteiger partial charge in [0.05, 0.1) is 24.3 Å². The van der Waals surface area contributed by atoms with E-state index in [0.717, 1.165) is 36.9 Å². The van der Waals surface area contributed by atoms with Crippen molar-refractivity contribution < 1.29 is 22.9 Å². The molecule has 110 valence electrons. The van der Waals surface area contributed by atoms with Crippen molar-refractivity contribution in [3.05, 3.63) is 28.8 Å². The molecule has 0 radical (unpaired) electrons. The Kier molecular flexibility index (Phi) is 4.55. The summed E-state index contributed by atoms with van der Waals surface area (Å²) in [5.74, 6) is -0.408. The second-order valence-corrected chi connectivity index (χ2v) is 5.31. The fraction of sp³-hybridized carbons (Fsp3) is 0.462. The van der Waals surface area contributed by atoms with E-state index in [4.69, 9.17) is 11.6 Å². The lowest BCUT2D eigenvalue weighted by Gasteiger charge is -2.15. The van der Waals surface area contributed by atoms with Crippen molar-refractivity contribution in [3.8, 4) is 0 Å². The molecule has 20 heavy (non-hydrogen) atoms. The summed E-state index contributed by atoms with van der Waals surface area (Å²) >= 11 is 5.58. The molecule has 2 rings (SSSR count). The van der Waals surface area contributed by atoms with Gasteiger partial charge in [-0.2, -0.15) is 13.2 Å². The van der Waals surface area contributed by atoms with Crippen LogP contribution in [0.5, 0.6) is 0 Å². The maximum Gasteiger partial charge on any atom is 0.418 e. The van der Waals surface area contributed by atoms with E-state index < -0.39 is 17.6 Å². The Bertz CT molecular complexity index is 499. The fourth-order valence-corrected chi connectivity index (χ4v) is 2.51. The monoisotopic (exact) mass is 307 g/mol. The van der Waals surface area contributed by atoms with Gasteiger partial charge < -0.3 is 10.2 Å². The summed E-state index contributed by atoms with van der Waals surface area (Å²) in [6.45, 7) is 1.97. The van der Waals surface area contributed by atoms with Gasteiger partial charge in [0.2, 0.25) is 0 Å². The van der Waals surface area contributed by atoms with Crippen molar-refractivity contribution in [2.24, 2.45) is 0 Å². The van der Waals surface area contributed by atoms with Gasteiger partial charge in [-0.15, -0.1) is 0 Å². The molecule has 1 aliphatic rings. The minimum Gasteiger partial charge on any atom is -0.327 e. The first-order chi connectivity index (χ1) is 9.36. The van der Waals surface area contributed by atoms with E-state index >= 15 is 0 Å². The Labute approximate surface area is 119 Å². The van der Waals surface area contributed by atoms with Crippen molar-refractivity contribution in [2.45, 2.75) is 19.0 Å². The molecule has 0 spiro atoms. The summed E-state index contributed by atoms with van der Waals surface area (Å²) in [5.41, 5.74) is -1.17. The van der Waals surface area contributed by atoms with Crippen LogP contribution in [0, 0.1) is 0 Å². The van der Waals surface area contributed by atoms with Crippen LogP contribution in [0.1, 0.15) is 18.4 Å². The third-order valence-electron chi connectivity index (χ3n) is 3.28. The summed E-state index contributed by atoms with van der Waals surface area (Å²) in [5, 5.41) is 2.32. The minimum atomic E-state index is -4.55. The van der Waals surface area contributed by atoms with Crippen molar-refractivity contribution >= 4 is 23.2 Å². The first-order valence-electron chi connectivity index (χ1n) is 6.36. The molecule has 1 fully saturated rings. The van der Waals surface area contributed by atoms with Crippen LogP contribution in [0.25, 0.3) is 0 Å². The van der Waals surface area contributed by atoms with Gasteiger partial charge in [-0.1, -0.05) is 11.6 Å². The van der Waals surface area contributed by atoms with Crippen LogP contribution in [-0.4, -0.2) is 25.5 Å². The van der Waals surface area contributed by atoms with Crippen LogP contribution < -0.4 is 10.2 Å². The smallest absolute Gasteiger partial charge is 0.327 e. The number of carbonyl (C=O) groups excluding carboxylic acids is 1. The molecule has 3 nitrogen and oxygen atoms in total. The Hall–Kier alpha value is -1.27. The third-order valence-corrected chi connectivity index (χ3v) is 3.52. The summed E-state index contributed by atoms with van der Waals surface area (Å²) < 4.78 is 38.6. The van der Waals surface area contributed by atoms with Crippen LogP contribution in [0.2, 0.25) is 5.02 Å². The molecule has 0 saturated carbocycles. The molecule has 1 aliphatic heterocycles. The van der Waals surface area contributed by atoms with E-state index in [1.165, 1.54) is 12.1 Å². The summed E-state index contributed by atoms with van der Waals surface area (Å²) in [6.07, 6.45) is -2.44. The predicted octanol–water partition coefficient (Wildman–Crippen LogP) is 1.98. The van der Waals surface area contributed by atoms with E-state index in [1.807, 2.05) is 0 Å². The first-order valence-corrected chi connectivity index (χ1v) is 6.74. The summed E-state index contributed by atoms with van der Waals surface area (Å²) in [6, 6.07) is 3.33. The third kappa shape index (κ3) is 3.86. The van der Waals surface area contributed by atoms with E-state index in [0.29, 0.717) is 0 Å². The molecule has 1 aromatic carbocycles. The highest BCUT2D eigenvalue weighted by atomic mass is 35.5. The lowest BCUT2D eigenvalue weighted by molar-refractivity contribution is -0.878. The van der Waals surface area contributed by atoms with Crippen LogP contribution in [0.3, 0.4) is 0 Å². The number of alkyl halides is 3. The Morgan fingerprint density at radius 1 is 1.30 bits per heavy atom. The van der Waals surface area contributed by atoms with Crippen LogP contribution in [-0.2, 0) is 11.0 Å². The van der Waals surface area contributed by atoms with Crippen LogP contribution in [0.4, 0.5) is 18.9 Å². The maximum absolute atomic E-state index is 12.9. The maximum atomic E-state index is 12.9. The Morgan fingerprint density at radius 3 is 2.55 bits per heavy atom. The zero-order valence-electron chi connectivity index (χ0n) is 10.7. The molecule has 1 amide bonds. The number of hydrogen-bond donors (Lipinski definition) is 2. The molecule has 0 aliphatic carbocycles. The fourth-order valence-electron chi connectivity index (χ4n) is 2.33. The molecule has 0 bridgehead atoms. The number of anilines is 1. The lowest BCUT2D eigenvalue weighted by atomic mass is 10.1. The number of amides is 1. The molecule has 2 N–H and O–H groups in total. The number of hydrogen-bond acceptors (Lipinski definition) is 1. The Balaban J connectivity index is 2.10. The number of halogens is 4. The molecule has 1 saturated heterocycles. The van der Waals surface area contributed by atoms with Crippen molar-refractivity contribution in [1.82, 2.24) is 0 Å². The average Bonchev–Trinajstić information content (AvgIpc) is 2.82. The number of carbonyl (C=O) groups is 1. The minimum absolute atomic E-state index is 0.0134. The second kappa shape index (κ2) is 6.01. The molecule has 7 heteroatoms. The number of rotatable bonds is 3. The molecular weight excluding hydrogens is 293 g/mol. The lowest BCUT2D eigenvalue weighted by Crippen LogP contribution is -3.11. The average molecular weight is 308 g/mol. The van der Waals surface area contributed by atoms with E-state index in [9.17, 15) is 18.0 Å². The van der Waals surface area contributed by atoms with E-state index in [-0.39, 0.29) is 17.3 Å². The van der Waals surface area contributed by atoms with E-state index in [1.54, 1.807) is 0 Å². The highest BCUT2D eigenvalue weighted by molar-refractivity contribution is 6.30. The zero-order valence-corrected chi connectivity index (χ0v) is 11.4. The number of nitrogens with one attached hydrogen (secondary N) is 2. The number of likely N-dealkylation sites (tertiary alicyclic amines) is 1. The van der Waals surface area contributed by atoms with E-state index in [2.05, 4.69) is 5.32 Å². The van der Waals surface area contributed by atoms with Crippen molar-refractivity contribution in [2.75, 3.05) is 25.0 Å². The van der Waals surface area contributed by atoms with Crippen LogP contribution >= 0.6 is 11.6 Å². The summed E-state index contributed by atoms with van der Waals surface area (Å²) in [4.78, 5) is 12.9. The van der Waals surface area contributed by atoms with Gasteiger partial charge in [0.25, 0.3) is 5.91 Å². The standard InChI is InChI=1S/C13H14ClF3N2O/c14-9-3-4-11(10(7-9)13(15,16)17)18-12(20)8-19-5-1-2-6-19/h3-4,7H,1-2,5-6,8H2,(H,18,20)/p+1. The quantitative estimate of drug-likeness (QED) is 0.879. The van der Waals surface area contributed by atoms with Gasteiger partial charge in [0.15, 0.2) is 6.54 Å². The van der Waals surface area contributed by atoms with Gasteiger partial charge in [0.1, 0.15) is 0 Å². The molecule has 0 unspecified atom stereocenters. The van der Waals surface area contributed by atoms with Crippen molar-refractivity contribution in [1.29, 1.82) is 0 Å². The van der Waals surface area contributed by atoms with Gasteiger partial charge in [-0.3, -0.25) is 4.79 Å². The normalized spacial score (nSPS) is 16.4. The molecule has 0 aromatic heterocycles.